The van der Waals surface area contributed by atoms with Crippen molar-refractivity contribution in [2.24, 2.45) is 0 Å². The summed E-state index contributed by atoms with van der Waals surface area (Å²) in [6.45, 7) is 7.35. The predicted molar refractivity (Wildman–Crippen MR) is 67.4 cm³/mol. The van der Waals surface area contributed by atoms with Crippen molar-refractivity contribution in [3.8, 4) is 0 Å². The van der Waals surface area contributed by atoms with Crippen molar-refractivity contribution in [2.75, 3.05) is 6.61 Å². The second-order valence-electron chi connectivity index (χ2n) is 4.10. The van der Waals surface area contributed by atoms with E-state index in [-0.39, 0.29) is 6.61 Å². The summed E-state index contributed by atoms with van der Waals surface area (Å²) in [5.74, 6) is -1.05. The lowest BCUT2D eigenvalue weighted by atomic mass is 10.1. The van der Waals surface area contributed by atoms with Gasteiger partial charge in [0.1, 0.15) is 0 Å². The number of esters is 2. The van der Waals surface area contributed by atoms with Crippen LogP contribution in [0.2, 0.25) is 0 Å². The van der Waals surface area contributed by atoms with Crippen LogP contribution in [-0.4, -0.2) is 24.6 Å². The predicted octanol–water partition coefficient (Wildman–Crippen LogP) is 2.41. The van der Waals surface area contributed by atoms with Crippen molar-refractivity contribution >= 4 is 11.9 Å². The van der Waals surface area contributed by atoms with Crippen LogP contribution in [0.4, 0.5) is 0 Å². The number of hydrogen-bond acceptors (Lipinski definition) is 4. The Morgan fingerprint density at radius 2 is 1.89 bits per heavy atom. The van der Waals surface area contributed by atoms with Crippen LogP contribution in [0.15, 0.2) is 18.2 Å². The second kappa shape index (κ2) is 6.19. The minimum absolute atomic E-state index is 0.268. The van der Waals surface area contributed by atoms with E-state index in [0.29, 0.717) is 5.56 Å². The standard InChI is InChI=1S/C14H18O4/c1-5-17-13(15)11(4)18-14(16)12-7-6-9(2)10(3)8-12/h6-8,11H,5H2,1-4H3/t11-/m1/s1. The molecule has 0 aromatic heterocycles. The Morgan fingerprint density at radius 3 is 2.44 bits per heavy atom. The first kappa shape index (κ1) is 14.2. The first-order chi connectivity index (χ1) is 8.45. The van der Waals surface area contributed by atoms with Gasteiger partial charge in [-0.1, -0.05) is 6.07 Å². The number of ether oxygens (including phenoxy) is 2. The van der Waals surface area contributed by atoms with Gasteiger partial charge >= 0.3 is 11.9 Å². The van der Waals surface area contributed by atoms with Gasteiger partial charge in [0, 0.05) is 0 Å². The lowest BCUT2D eigenvalue weighted by molar-refractivity contribution is -0.152. The third-order valence-corrected chi connectivity index (χ3v) is 2.64. The summed E-state index contributed by atoms with van der Waals surface area (Å²) in [4.78, 5) is 23.1. The van der Waals surface area contributed by atoms with Crippen molar-refractivity contribution < 1.29 is 19.1 Å². The van der Waals surface area contributed by atoms with Gasteiger partial charge in [0.25, 0.3) is 0 Å². The first-order valence-electron chi connectivity index (χ1n) is 5.90. The van der Waals surface area contributed by atoms with Crippen LogP contribution in [-0.2, 0) is 14.3 Å². The largest absolute Gasteiger partial charge is 0.463 e. The summed E-state index contributed by atoms with van der Waals surface area (Å²) in [6.07, 6.45) is -0.890. The van der Waals surface area contributed by atoms with Gasteiger partial charge < -0.3 is 9.47 Å². The van der Waals surface area contributed by atoms with E-state index in [0.717, 1.165) is 11.1 Å². The Labute approximate surface area is 107 Å². The Hall–Kier alpha value is -1.84. The summed E-state index contributed by atoms with van der Waals surface area (Å²) < 4.78 is 9.80. The Kier molecular flexibility index (Phi) is 4.89. The third kappa shape index (κ3) is 3.58. The number of hydrogen-bond donors (Lipinski definition) is 0. The fourth-order valence-corrected chi connectivity index (χ4v) is 1.40. The number of carbonyl (C=O) groups is 2. The van der Waals surface area contributed by atoms with Crippen LogP contribution in [0.3, 0.4) is 0 Å². The van der Waals surface area contributed by atoms with Gasteiger partial charge in [-0.15, -0.1) is 0 Å². The van der Waals surface area contributed by atoms with E-state index in [1.54, 1.807) is 19.1 Å². The molecular formula is C14H18O4. The minimum Gasteiger partial charge on any atom is -0.463 e. The zero-order valence-electron chi connectivity index (χ0n) is 11.1. The molecule has 0 N–H and O–H groups in total. The third-order valence-electron chi connectivity index (χ3n) is 2.64. The van der Waals surface area contributed by atoms with Crippen LogP contribution >= 0.6 is 0 Å². The van der Waals surface area contributed by atoms with Crippen molar-refractivity contribution in [3.63, 3.8) is 0 Å². The smallest absolute Gasteiger partial charge is 0.347 e. The van der Waals surface area contributed by atoms with Crippen molar-refractivity contribution in [1.29, 1.82) is 0 Å². The molecule has 1 aromatic rings. The molecule has 1 aromatic carbocycles. The Morgan fingerprint density at radius 1 is 1.22 bits per heavy atom. The van der Waals surface area contributed by atoms with Gasteiger partial charge in [-0.25, -0.2) is 9.59 Å². The summed E-state index contributed by atoms with van der Waals surface area (Å²) in [7, 11) is 0. The van der Waals surface area contributed by atoms with E-state index in [4.69, 9.17) is 9.47 Å². The average molecular weight is 250 g/mol. The molecule has 0 aliphatic carbocycles. The molecule has 0 aliphatic rings. The lowest BCUT2D eigenvalue weighted by Gasteiger charge is -2.12. The molecule has 18 heavy (non-hydrogen) atoms. The minimum atomic E-state index is -0.890. The highest BCUT2D eigenvalue weighted by atomic mass is 16.6. The number of carbonyl (C=O) groups excluding carboxylic acids is 2. The maximum Gasteiger partial charge on any atom is 0.347 e. The molecule has 0 fully saturated rings. The van der Waals surface area contributed by atoms with Crippen LogP contribution in [0.25, 0.3) is 0 Å². The molecule has 1 rings (SSSR count). The molecule has 4 nitrogen and oxygen atoms in total. The van der Waals surface area contributed by atoms with Crippen molar-refractivity contribution in [2.45, 2.75) is 33.8 Å². The molecule has 0 saturated carbocycles. The molecule has 0 radical (unpaired) electrons. The second-order valence-corrected chi connectivity index (χ2v) is 4.10. The zero-order chi connectivity index (χ0) is 13.7. The highest BCUT2D eigenvalue weighted by molar-refractivity contribution is 5.91. The monoisotopic (exact) mass is 250 g/mol. The van der Waals surface area contributed by atoms with E-state index >= 15 is 0 Å². The Balaban J connectivity index is 2.70. The summed E-state index contributed by atoms with van der Waals surface area (Å²) in [6, 6.07) is 5.28. The molecular weight excluding hydrogens is 232 g/mol. The molecule has 4 heteroatoms. The van der Waals surface area contributed by atoms with E-state index in [1.165, 1.54) is 6.92 Å². The van der Waals surface area contributed by atoms with Crippen LogP contribution in [0.1, 0.15) is 35.3 Å². The van der Waals surface area contributed by atoms with Gasteiger partial charge in [0.2, 0.25) is 0 Å². The van der Waals surface area contributed by atoms with Gasteiger partial charge in [-0.2, -0.15) is 0 Å². The van der Waals surface area contributed by atoms with Gasteiger partial charge in [0.05, 0.1) is 12.2 Å². The van der Waals surface area contributed by atoms with Gasteiger partial charge in [-0.05, 0) is 51.0 Å². The molecule has 0 bridgehead atoms. The molecule has 0 aliphatic heterocycles. The summed E-state index contributed by atoms with van der Waals surface area (Å²) in [5.41, 5.74) is 2.55. The fraction of sp³-hybridized carbons (Fsp3) is 0.429. The van der Waals surface area contributed by atoms with Crippen LogP contribution < -0.4 is 0 Å². The van der Waals surface area contributed by atoms with E-state index < -0.39 is 18.0 Å². The van der Waals surface area contributed by atoms with E-state index in [2.05, 4.69) is 0 Å². The number of benzene rings is 1. The molecule has 0 amide bonds. The quantitative estimate of drug-likeness (QED) is 0.770. The molecule has 0 saturated heterocycles. The normalized spacial score (nSPS) is 11.8. The molecule has 0 spiro atoms. The van der Waals surface area contributed by atoms with Crippen LogP contribution in [0.5, 0.6) is 0 Å². The maximum atomic E-state index is 11.8. The van der Waals surface area contributed by atoms with Gasteiger partial charge in [0.15, 0.2) is 6.10 Å². The fourth-order valence-electron chi connectivity index (χ4n) is 1.40. The zero-order valence-corrected chi connectivity index (χ0v) is 11.1. The SMILES string of the molecule is CCOC(=O)[C@@H](C)OC(=O)c1ccc(C)c(C)c1. The topological polar surface area (TPSA) is 52.6 Å². The number of aryl methyl sites for hydroxylation is 2. The number of rotatable bonds is 4. The van der Waals surface area contributed by atoms with E-state index in [9.17, 15) is 9.59 Å². The first-order valence-corrected chi connectivity index (χ1v) is 5.90. The summed E-state index contributed by atoms with van der Waals surface area (Å²) in [5, 5.41) is 0. The molecule has 98 valence electrons. The van der Waals surface area contributed by atoms with Crippen molar-refractivity contribution in [1.82, 2.24) is 0 Å². The average Bonchev–Trinajstić information content (AvgIpc) is 2.32. The van der Waals surface area contributed by atoms with Crippen molar-refractivity contribution in [3.05, 3.63) is 34.9 Å². The highest BCUT2D eigenvalue weighted by Crippen LogP contribution is 2.12. The van der Waals surface area contributed by atoms with Crippen LogP contribution in [0, 0.1) is 13.8 Å². The highest BCUT2D eigenvalue weighted by Gasteiger charge is 2.19. The van der Waals surface area contributed by atoms with E-state index in [1.807, 2.05) is 19.9 Å². The Bertz CT molecular complexity index is 451. The summed E-state index contributed by atoms with van der Waals surface area (Å²) >= 11 is 0. The van der Waals surface area contributed by atoms with Gasteiger partial charge in [-0.3, -0.25) is 0 Å². The molecule has 1 atom stereocenters. The maximum absolute atomic E-state index is 11.8. The molecule has 0 unspecified atom stereocenters. The molecule has 0 heterocycles. The lowest BCUT2D eigenvalue weighted by Crippen LogP contribution is -2.26.